The number of halogens is 1. The number of nitrogens with one attached hydrogen (secondary N) is 1. The van der Waals surface area contributed by atoms with E-state index in [4.69, 9.17) is 0 Å². The second-order valence-corrected chi connectivity index (χ2v) is 5.84. The molecule has 1 amide bonds. The Morgan fingerprint density at radius 3 is 2.81 bits per heavy atom. The number of benzene rings is 1. The summed E-state index contributed by atoms with van der Waals surface area (Å²) in [7, 11) is 1.85. The summed E-state index contributed by atoms with van der Waals surface area (Å²) in [4.78, 5) is 13.8. The van der Waals surface area contributed by atoms with Crippen LogP contribution in [0.3, 0.4) is 0 Å². The zero-order chi connectivity index (χ0) is 15.2. The fraction of sp³-hybridized carbons (Fsp3) is 0.562. The number of nitrogens with zero attached hydrogens (tertiary/aromatic N) is 1. The zero-order valence-corrected chi connectivity index (χ0v) is 12.4. The molecule has 0 aliphatic heterocycles. The molecule has 4 nitrogen and oxygen atoms in total. The van der Waals surface area contributed by atoms with E-state index in [1.807, 2.05) is 11.9 Å². The van der Waals surface area contributed by atoms with Gasteiger partial charge in [0.1, 0.15) is 5.82 Å². The first-order valence-corrected chi connectivity index (χ1v) is 7.47. The van der Waals surface area contributed by atoms with Crippen LogP contribution in [0.15, 0.2) is 24.3 Å². The summed E-state index contributed by atoms with van der Waals surface area (Å²) < 4.78 is 13.4. The SMILES string of the molecule is CN(CC(=O)Nc1ccccc1F)CC1CCCCC1O. The number of rotatable bonds is 5. The average Bonchev–Trinajstić information content (AvgIpc) is 2.44. The van der Waals surface area contributed by atoms with Crippen molar-refractivity contribution < 1.29 is 14.3 Å². The number of carbonyl (C=O) groups excluding carboxylic acids is 1. The molecule has 5 heteroatoms. The van der Waals surface area contributed by atoms with Gasteiger partial charge in [0.25, 0.3) is 0 Å². The molecule has 2 unspecified atom stereocenters. The fourth-order valence-corrected chi connectivity index (χ4v) is 2.86. The quantitative estimate of drug-likeness (QED) is 0.876. The van der Waals surface area contributed by atoms with Crippen molar-refractivity contribution in [2.45, 2.75) is 31.8 Å². The molecule has 116 valence electrons. The van der Waals surface area contributed by atoms with Gasteiger partial charge in [0.2, 0.25) is 5.91 Å². The minimum Gasteiger partial charge on any atom is -0.393 e. The largest absolute Gasteiger partial charge is 0.393 e. The smallest absolute Gasteiger partial charge is 0.238 e. The Bertz CT molecular complexity index is 481. The first-order valence-electron chi connectivity index (χ1n) is 7.47. The highest BCUT2D eigenvalue weighted by molar-refractivity contribution is 5.92. The topological polar surface area (TPSA) is 52.6 Å². The number of aliphatic hydroxyl groups is 1. The van der Waals surface area contributed by atoms with Crippen molar-refractivity contribution in [3.05, 3.63) is 30.1 Å². The standard InChI is InChI=1S/C16H23FN2O2/c1-19(10-12-6-2-5-9-15(12)20)11-16(21)18-14-8-4-3-7-13(14)17/h3-4,7-8,12,15,20H,2,5-6,9-11H2,1H3,(H,18,21). The van der Waals surface area contributed by atoms with Crippen LogP contribution in [-0.2, 0) is 4.79 Å². The van der Waals surface area contributed by atoms with Crippen LogP contribution in [0.5, 0.6) is 0 Å². The molecule has 1 aliphatic rings. The first-order chi connectivity index (χ1) is 10.1. The van der Waals surface area contributed by atoms with E-state index < -0.39 is 5.82 Å². The summed E-state index contributed by atoms with van der Waals surface area (Å²) in [6, 6.07) is 6.12. The van der Waals surface area contributed by atoms with Crippen molar-refractivity contribution in [3.8, 4) is 0 Å². The van der Waals surface area contributed by atoms with Crippen molar-refractivity contribution in [1.29, 1.82) is 0 Å². The molecule has 0 aromatic heterocycles. The molecule has 1 saturated carbocycles. The number of carbonyl (C=O) groups is 1. The minimum atomic E-state index is -0.434. The third kappa shape index (κ3) is 4.79. The van der Waals surface area contributed by atoms with Gasteiger partial charge in [-0.2, -0.15) is 0 Å². The van der Waals surface area contributed by atoms with E-state index in [-0.39, 0.29) is 30.2 Å². The second-order valence-electron chi connectivity index (χ2n) is 5.84. The number of aliphatic hydroxyl groups excluding tert-OH is 1. The van der Waals surface area contributed by atoms with E-state index in [9.17, 15) is 14.3 Å². The summed E-state index contributed by atoms with van der Waals surface area (Å²) in [5.41, 5.74) is 0.202. The van der Waals surface area contributed by atoms with Gasteiger partial charge in [0.05, 0.1) is 18.3 Å². The normalized spacial score (nSPS) is 22.3. The Balaban J connectivity index is 1.80. The lowest BCUT2D eigenvalue weighted by Crippen LogP contribution is -2.38. The van der Waals surface area contributed by atoms with Gasteiger partial charge in [-0.1, -0.05) is 25.0 Å². The van der Waals surface area contributed by atoms with E-state index in [0.717, 1.165) is 25.7 Å². The van der Waals surface area contributed by atoms with E-state index in [1.54, 1.807) is 12.1 Å². The lowest BCUT2D eigenvalue weighted by molar-refractivity contribution is -0.117. The molecule has 0 bridgehead atoms. The van der Waals surface area contributed by atoms with Gasteiger partial charge in [-0.15, -0.1) is 0 Å². The predicted octanol–water partition coefficient (Wildman–Crippen LogP) is 2.25. The summed E-state index contributed by atoms with van der Waals surface area (Å²) in [6.07, 6.45) is 3.79. The van der Waals surface area contributed by atoms with Crippen LogP contribution in [0.4, 0.5) is 10.1 Å². The van der Waals surface area contributed by atoms with Gasteiger partial charge < -0.3 is 10.4 Å². The highest BCUT2D eigenvalue weighted by Gasteiger charge is 2.24. The number of para-hydroxylation sites is 1. The Morgan fingerprint density at radius 2 is 2.10 bits per heavy atom. The molecule has 1 fully saturated rings. The Hall–Kier alpha value is -1.46. The molecule has 2 atom stereocenters. The third-order valence-corrected chi connectivity index (χ3v) is 3.98. The van der Waals surface area contributed by atoms with Crippen LogP contribution in [0.1, 0.15) is 25.7 Å². The molecular weight excluding hydrogens is 271 g/mol. The number of hydrogen-bond donors (Lipinski definition) is 2. The molecule has 2 N–H and O–H groups in total. The molecular formula is C16H23FN2O2. The van der Waals surface area contributed by atoms with Crippen molar-refractivity contribution in [3.63, 3.8) is 0 Å². The molecule has 21 heavy (non-hydrogen) atoms. The van der Waals surface area contributed by atoms with Crippen LogP contribution < -0.4 is 5.32 Å². The van der Waals surface area contributed by atoms with Crippen molar-refractivity contribution in [2.75, 3.05) is 25.5 Å². The summed E-state index contributed by atoms with van der Waals surface area (Å²) >= 11 is 0. The van der Waals surface area contributed by atoms with Crippen LogP contribution >= 0.6 is 0 Å². The van der Waals surface area contributed by atoms with Crippen molar-refractivity contribution >= 4 is 11.6 Å². The van der Waals surface area contributed by atoms with E-state index >= 15 is 0 Å². The van der Waals surface area contributed by atoms with E-state index in [1.165, 1.54) is 12.1 Å². The number of anilines is 1. The number of amides is 1. The summed E-state index contributed by atoms with van der Waals surface area (Å²) in [6.45, 7) is 0.878. The average molecular weight is 294 g/mol. The van der Waals surface area contributed by atoms with Gasteiger partial charge in [0, 0.05) is 6.54 Å². The molecule has 2 rings (SSSR count). The van der Waals surface area contributed by atoms with Gasteiger partial charge in [-0.25, -0.2) is 4.39 Å². The monoisotopic (exact) mass is 294 g/mol. The first kappa shape index (κ1) is 15.9. The Labute approximate surface area is 125 Å². The molecule has 1 aromatic rings. The fourth-order valence-electron chi connectivity index (χ4n) is 2.86. The van der Waals surface area contributed by atoms with Gasteiger partial charge in [-0.05, 0) is 37.9 Å². The van der Waals surface area contributed by atoms with Gasteiger partial charge in [0.15, 0.2) is 0 Å². The summed E-state index contributed by atoms with van der Waals surface area (Å²) in [5, 5.41) is 12.5. The van der Waals surface area contributed by atoms with Crippen LogP contribution in [0.2, 0.25) is 0 Å². The molecule has 0 saturated heterocycles. The lowest BCUT2D eigenvalue weighted by Gasteiger charge is -2.30. The van der Waals surface area contributed by atoms with Crippen molar-refractivity contribution in [1.82, 2.24) is 4.90 Å². The van der Waals surface area contributed by atoms with Crippen LogP contribution in [0, 0.1) is 11.7 Å². The lowest BCUT2D eigenvalue weighted by atomic mass is 9.86. The van der Waals surface area contributed by atoms with E-state index in [2.05, 4.69) is 5.32 Å². The molecule has 1 aromatic carbocycles. The Kier molecular flexibility index (Phi) is 5.70. The minimum absolute atomic E-state index is 0.192. The number of likely N-dealkylation sites (N-methyl/N-ethyl adjacent to an activating group) is 1. The molecule has 1 aliphatic carbocycles. The van der Waals surface area contributed by atoms with Crippen LogP contribution in [0.25, 0.3) is 0 Å². The summed E-state index contributed by atoms with van der Waals surface area (Å²) in [5.74, 6) is -0.450. The van der Waals surface area contributed by atoms with Gasteiger partial charge in [-0.3, -0.25) is 9.69 Å². The maximum atomic E-state index is 13.4. The maximum Gasteiger partial charge on any atom is 0.238 e. The van der Waals surface area contributed by atoms with Crippen LogP contribution in [-0.4, -0.2) is 42.2 Å². The molecule has 0 radical (unpaired) electrons. The molecule has 0 spiro atoms. The highest BCUT2D eigenvalue weighted by atomic mass is 19.1. The zero-order valence-electron chi connectivity index (χ0n) is 12.4. The second kappa shape index (κ2) is 7.52. The Morgan fingerprint density at radius 1 is 1.38 bits per heavy atom. The van der Waals surface area contributed by atoms with E-state index in [0.29, 0.717) is 6.54 Å². The van der Waals surface area contributed by atoms with Gasteiger partial charge >= 0.3 is 0 Å². The van der Waals surface area contributed by atoms with Crippen molar-refractivity contribution in [2.24, 2.45) is 5.92 Å². The molecule has 0 heterocycles. The highest BCUT2D eigenvalue weighted by Crippen LogP contribution is 2.24. The predicted molar refractivity (Wildman–Crippen MR) is 80.5 cm³/mol. The third-order valence-electron chi connectivity index (χ3n) is 3.98. The maximum absolute atomic E-state index is 13.4. The number of hydrogen-bond acceptors (Lipinski definition) is 3.